The molecular weight excluding hydrogens is 574 g/mol. The molecule has 10 nitrogen and oxygen atoms in total. The van der Waals surface area contributed by atoms with Crippen molar-refractivity contribution in [3.63, 3.8) is 0 Å². The minimum atomic E-state index is -0.789. The molecule has 4 atom stereocenters. The van der Waals surface area contributed by atoms with Crippen molar-refractivity contribution in [1.82, 2.24) is 19.6 Å². The summed E-state index contributed by atoms with van der Waals surface area (Å²) in [6.45, 7) is 15.1. The lowest BCUT2D eigenvalue weighted by molar-refractivity contribution is 0.0519. The topological polar surface area (TPSA) is 133 Å². The number of carbonyl (C=O) groups excluding carboxylic acids is 3. The number of hydrogen-bond acceptors (Lipinski definition) is 12. The maximum Gasteiger partial charge on any atom is 0.357 e. The van der Waals surface area contributed by atoms with Gasteiger partial charge in [0.1, 0.15) is 22.2 Å². The van der Waals surface area contributed by atoms with E-state index in [1.165, 1.54) is 30.1 Å². The number of hydrogen-bond donors (Lipinski definition) is 2. The van der Waals surface area contributed by atoms with E-state index in [1.807, 2.05) is 31.0 Å². The van der Waals surface area contributed by atoms with Gasteiger partial charge < -0.3 is 34.2 Å². The van der Waals surface area contributed by atoms with Gasteiger partial charge in [-0.05, 0) is 58.5 Å². The van der Waals surface area contributed by atoms with Crippen LogP contribution >= 0.6 is 22.7 Å². The third-order valence-corrected chi connectivity index (χ3v) is 8.67. The van der Waals surface area contributed by atoms with Crippen LogP contribution in [-0.4, -0.2) is 95.3 Å². The molecule has 2 rings (SSSR count). The highest BCUT2D eigenvalue weighted by Gasteiger charge is 2.27. The molecule has 0 amide bonds. The molecular formula is C28H46B2N4O6S2. The molecule has 0 aliphatic heterocycles. The van der Waals surface area contributed by atoms with Crippen molar-refractivity contribution < 1.29 is 29.3 Å². The number of aliphatic hydroxyl groups is 2. The molecule has 14 heteroatoms. The highest BCUT2D eigenvalue weighted by Crippen LogP contribution is 2.28. The van der Waals surface area contributed by atoms with Crippen LogP contribution in [-0.2, 0) is 14.3 Å². The van der Waals surface area contributed by atoms with E-state index in [0.29, 0.717) is 23.8 Å². The first-order chi connectivity index (χ1) is 19.9. The van der Waals surface area contributed by atoms with E-state index in [4.69, 9.17) is 4.74 Å². The molecule has 2 aromatic rings. The number of aryl methyl sites for hydroxylation is 1. The van der Waals surface area contributed by atoms with E-state index in [0.717, 1.165) is 36.0 Å². The fraction of sp³-hybridized carbons (Fsp3) is 0.679. The Hall–Kier alpha value is -1.96. The predicted molar refractivity (Wildman–Crippen MR) is 171 cm³/mol. The normalized spacial score (nSPS) is 14.2. The van der Waals surface area contributed by atoms with Gasteiger partial charge in [-0.2, -0.15) is 0 Å². The molecule has 0 spiro atoms. The number of aromatic nitrogens is 2. The summed E-state index contributed by atoms with van der Waals surface area (Å²) >= 11 is 2.72. The van der Waals surface area contributed by atoms with Crippen LogP contribution in [0.1, 0.15) is 99.2 Å². The lowest BCUT2D eigenvalue weighted by Crippen LogP contribution is -2.43. The van der Waals surface area contributed by atoms with Crippen molar-refractivity contribution in [3.8, 4) is 0 Å². The first-order valence-electron chi connectivity index (χ1n) is 14.3. The zero-order valence-corrected chi connectivity index (χ0v) is 27.7. The Morgan fingerprint density at radius 1 is 0.952 bits per heavy atom. The van der Waals surface area contributed by atoms with Gasteiger partial charge in [-0.15, -0.1) is 22.7 Å². The van der Waals surface area contributed by atoms with E-state index in [-0.39, 0.29) is 30.3 Å². The number of nitrogens with zero attached hydrogens (tertiary/aromatic N) is 4. The Labute approximate surface area is 260 Å². The van der Waals surface area contributed by atoms with E-state index >= 15 is 0 Å². The van der Waals surface area contributed by atoms with Gasteiger partial charge in [0.2, 0.25) is 0 Å². The number of aliphatic hydroxyl groups excluding tert-OH is 2. The van der Waals surface area contributed by atoms with E-state index < -0.39 is 18.2 Å². The van der Waals surface area contributed by atoms with Crippen LogP contribution in [0.3, 0.4) is 0 Å². The molecule has 232 valence electrons. The number of rotatable bonds is 18. The third-order valence-electron chi connectivity index (χ3n) is 6.66. The van der Waals surface area contributed by atoms with Crippen LogP contribution in [0.5, 0.6) is 0 Å². The highest BCUT2D eigenvalue weighted by atomic mass is 32.1. The summed E-state index contributed by atoms with van der Waals surface area (Å²) in [6.07, 6.45) is 2.18. The number of ether oxygens (including phenoxy) is 1. The quantitative estimate of drug-likeness (QED) is 0.144. The Morgan fingerprint density at radius 2 is 1.50 bits per heavy atom. The van der Waals surface area contributed by atoms with E-state index in [9.17, 15) is 24.6 Å². The van der Waals surface area contributed by atoms with Crippen LogP contribution in [0.15, 0.2) is 10.8 Å². The summed E-state index contributed by atoms with van der Waals surface area (Å²) < 4.78 is 4.88. The SMILES string of the molecule is CCCN([B]C=O)[C@H](C[C@H](O)c1nc(C)cs1)C(C)C.CCOC(=O)c1csc([C@@H](O)C[C@H](C(C)C)N(C)[B]C=O)n1. The largest absolute Gasteiger partial charge is 0.461 e. The van der Waals surface area contributed by atoms with Crippen molar-refractivity contribution in [2.75, 3.05) is 20.2 Å². The van der Waals surface area contributed by atoms with Crippen LogP contribution in [0.25, 0.3) is 0 Å². The average molecular weight is 620 g/mol. The van der Waals surface area contributed by atoms with Crippen LogP contribution in [0, 0.1) is 18.8 Å². The lowest BCUT2D eigenvalue weighted by Gasteiger charge is -2.34. The lowest BCUT2D eigenvalue weighted by atomic mass is 9.85. The van der Waals surface area contributed by atoms with Crippen molar-refractivity contribution in [2.24, 2.45) is 11.8 Å². The van der Waals surface area contributed by atoms with Gasteiger partial charge >= 0.3 is 5.97 Å². The molecule has 0 aliphatic carbocycles. The maximum absolute atomic E-state index is 11.6. The van der Waals surface area contributed by atoms with Gasteiger partial charge in [0.25, 0.3) is 14.8 Å². The summed E-state index contributed by atoms with van der Waals surface area (Å²) in [7, 11) is 4.84. The van der Waals surface area contributed by atoms with Crippen molar-refractivity contribution in [3.05, 3.63) is 32.2 Å². The standard InChI is InChI=1S/C14H22BN2O4S.C14H24BN2O2S/c1-5-21-14(20)10-7-22-13(16-10)12(19)6-11(9(2)3)17(4)15-8-18;1-5-6-17(15-9-18)12(10(2)3)7-13(19)14-16-11(4)8-20-14/h7-9,11-12,19H,5-6H2,1-4H3;8-10,12-13,19H,5-7H2,1-4H3/t11-,12+;12-,13+/m11/s1. The van der Waals surface area contributed by atoms with Gasteiger partial charge in [-0.3, -0.25) is 0 Å². The highest BCUT2D eigenvalue weighted by molar-refractivity contribution is 7.10. The molecule has 2 radical (unpaired) electrons. The van der Waals surface area contributed by atoms with Crippen LogP contribution in [0.2, 0.25) is 0 Å². The third kappa shape index (κ3) is 12.7. The van der Waals surface area contributed by atoms with Crippen LogP contribution < -0.4 is 0 Å². The smallest absolute Gasteiger partial charge is 0.357 e. The monoisotopic (exact) mass is 620 g/mol. The Kier molecular flexibility index (Phi) is 18.2. The Morgan fingerprint density at radius 3 is 1.98 bits per heavy atom. The second kappa shape index (κ2) is 20.1. The number of esters is 1. The molecule has 42 heavy (non-hydrogen) atoms. The molecule has 0 aliphatic rings. The summed E-state index contributed by atoms with van der Waals surface area (Å²) in [5.41, 5.74) is 1.16. The molecule has 2 heterocycles. The summed E-state index contributed by atoms with van der Waals surface area (Å²) in [5.74, 6) is 0.123. The average Bonchev–Trinajstić information content (AvgIpc) is 3.60. The van der Waals surface area contributed by atoms with Gasteiger partial charge in [0, 0.05) is 28.5 Å². The molecule has 2 aromatic heterocycles. The first-order valence-corrected chi connectivity index (χ1v) is 16.1. The molecule has 0 aromatic carbocycles. The fourth-order valence-electron chi connectivity index (χ4n) is 4.52. The predicted octanol–water partition coefficient (Wildman–Crippen LogP) is 3.93. The Bertz CT molecular complexity index is 1070. The first kappa shape index (κ1) is 38.1. The number of thiazole rings is 2. The molecule has 0 bridgehead atoms. The molecule has 0 unspecified atom stereocenters. The summed E-state index contributed by atoms with van der Waals surface area (Å²) in [6, 6.07) is 0.134. The maximum atomic E-state index is 11.6. The van der Waals surface area contributed by atoms with Crippen molar-refractivity contribution in [1.29, 1.82) is 0 Å². The summed E-state index contributed by atoms with van der Waals surface area (Å²) in [5, 5.41) is 25.5. The summed E-state index contributed by atoms with van der Waals surface area (Å²) in [4.78, 5) is 45.3. The zero-order chi connectivity index (χ0) is 31.8. The van der Waals surface area contributed by atoms with Crippen molar-refractivity contribution >= 4 is 55.8 Å². The molecule has 0 fully saturated rings. The molecule has 0 saturated carbocycles. The number of carbonyl (C=O) groups is 3. The zero-order valence-electron chi connectivity index (χ0n) is 26.1. The van der Waals surface area contributed by atoms with Crippen molar-refractivity contribution in [2.45, 2.75) is 92.0 Å². The van der Waals surface area contributed by atoms with E-state index in [2.05, 4.69) is 30.7 Å². The van der Waals surface area contributed by atoms with Crippen LogP contribution in [0.4, 0.5) is 0 Å². The molecule has 0 saturated heterocycles. The van der Waals surface area contributed by atoms with Gasteiger partial charge in [0.05, 0.1) is 19.0 Å². The molecule has 2 N–H and O–H groups in total. The fourth-order valence-corrected chi connectivity index (χ4v) is 6.10. The van der Waals surface area contributed by atoms with Gasteiger partial charge in [-0.1, -0.05) is 34.6 Å². The second-order valence-corrected chi connectivity index (χ2v) is 12.5. The van der Waals surface area contributed by atoms with E-state index in [1.54, 1.807) is 31.6 Å². The minimum absolute atomic E-state index is 0.00450. The van der Waals surface area contributed by atoms with Gasteiger partial charge in [-0.25, -0.2) is 14.8 Å². The minimum Gasteiger partial charge on any atom is -0.461 e. The Balaban J connectivity index is 0.000000422. The second-order valence-electron chi connectivity index (χ2n) is 10.7. The van der Waals surface area contributed by atoms with Gasteiger partial charge in [0.15, 0.2) is 5.69 Å².